The van der Waals surface area contributed by atoms with Crippen LogP contribution in [-0.4, -0.2) is 31.9 Å². The number of carbonyl (C=O) groups is 3. The average molecular weight is 460 g/mol. The SMILES string of the molecule is CCc1ccccc1NC(=O)CCC(=O)N(C)c1ccccc1C(=O)Nc1cccc(OC)c1. The lowest BCUT2D eigenvalue weighted by Crippen LogP contribution is -2.29. The van der Waals surface area contributed by atoms with E-state index in [0.29, 0.717) is 22.7 Å². The van der Waals surface area contributed by atoms with Crippen molar-refractivity contribution in [2.45, 2.75) is 26.2 Å². The Morgan fingerprint density at radius 3 is 2.38 bits per heavy atom. The van der Waals surface area contributed by atoms with Gasteiger partial charge in [-0.1, -0.05) is 43.3 Å². The maximum Gasteiger partial charge on any atom is 0.257 e. The molecule has 0 aliphatic heterocycles. The Labute approximate surface area is 199 Å². The minimum Gasteiger partial charge on any atom is -0.497 e. The first-order valence-electron chi connectivity index (χ1n) is 11.1. The van der Waals surface area contributed by atoms with Gasteiger partial charge >= 0.3 is 0 Å². The smallest absolute Gasteiger partial charge is 0.257 e. The number of rotatable bonds is 9. The van der Waals surface area contributed by atoms with Crippen LogP contribution in [0.1, 0.15) is 35.7 Å². The molecule has 0 spiro atoms. The standard InChI is InChI=1S/C27H29N3O4/c1-4-19-10-5-7-14-23(19)29-25(31)16-17-26(32)30(2)24-15-8-6-13-22(24)27(33)28-20-11-9-12-21(18-20)34-3/h5-15,18H,4,16-17H2,1-3H3,(H,28,33)(H,29,31). The zero-order chi connectivity index (χ0) is 24.5. The van der Waals surface area contributed by atoms with Crippen molar-refractivity contribution >= 4 is 34.8 Å². The third-order valence-electron chi connectivity index (χ3n) is 5.45. The predicted molar refractivity (Wildman–Crippen MR) is 134 cm³/mol. The van der Waals surface area contributed by atoms with Crippen molar-refractivity contribution in [3.8, 4) is 5.75 Å². The minimum atomic E-state index is -0.350. The summed E-state index contributed by atoms with van der Waals surface area (Å²) < 4.78 is 5.20. The van der Waals surface area contributed by atoms with Crippen molar-refractivity contribution in [2.75, 3.05) is 29.7 Å². The van der Waals surface area contributed by atoms with Gasteiger partial charge < -0.3 is 20.3 Å². The second kappa shape index (κ2) is 11.7. The molecule has 7 heteroatoms. The summed E-state index contributed by atoms with van der Waals surface area (Å²) in [5.41, 5.74) is 3.19. The summed E-state index contributed by atoms with van der Waals surface area (Å²) in [7, 11) is 3.16. The number of carbonyl (C=O) groups excluding carboxylic acids is 3. The van der Waals surface area contributed by atoms with E-state index in [9.17, 15) is 14.4 Å². The number of amides is 3. The Hall–Kier alpha value is -4.13. The van der Waals surface area contributed by atoms with Gasteiger partial charge in [0.15, 0.2) is 0 Å². The zero-order valence-corrected chi connectivity index (χ0v) is 19.6. The molecule has 0 radical (unpaired) electrons. The van der Waals surface area contributed by atoms with Crippen LogP contribution in [0.5, 0.6) is 5.75 Å². The average Bonchev–Trinajstić information content (AvgIpc) is 2.87. The van der Waals surface area contributed by atoms with Gasteiger partial charge in [0, 0.05) is 37.3 Å². The summed E-state index contributed by atoms with van der Waals surface area (Å²) in [6.07, 6.45) is 0.856. The Kier molecular flexibility index (Phi) is 8.40. The summed E-state index contributed by atoms with van der Waals surface area (Å²) in [6, 6.07) is 21.5. The van der Waals surface area contributed by atoms with E-state index in [1.807, 2.05) is 31.2 Å². The minimum absolute atomic E-state index is 0.0163. The number of methoxy groups -OCH3 is 1. The number of anilines is 3. The van der Waals surface area contributed by atoms with Crippen LogP contribution in [0.4, 0.5) is 17.1 Å². The van der Waals surface area contributed by atoms with Gasteiger partial charge in [-0.3, -0.25) is 14.4 Å². The topological polar surface area (TPSA) is 87.7 Å². The molecule has 3 rings (SSSR count). The highest BCUT2D eigenvalue weighted by molar-refractivity contribution is 6.10. The highest BCUT2D eigenvalue weighted by Gasteiger charge is 2.19. The molecule has 3 aromatic rings. The van der Waals surface area contributed by atoms with Crippen LogP contribution in [0, 0.1) is 0 Å². The first-order valence-corrected chi connectivity index (χ1v) is 11.1. The van der Waals surface area contributed by atoms with Crippen LogP contribution in [0.3, 0.4) is 0 Å². The second-order valence-corrected chi connectivity index (χ2v) is 7.71. The molecule has 0 unspecified atom stereocenters. The number of hydrogen-bond donors (Lipinski definition) is 2. The van der Waals surface area contributed by atoms with E-state index in [0.717, 1.165) is 17.7 Å². The molecule has 0 bridgehead atoms. The molecule has 3 amide bonds. The van der Waals surface area contributed by atoms with E-state index in [-0.39, 0.29) is 30.6 Å². The van der Waals surface area contributed by atoms with E-state index in [1.54, 1.807) is 62.7 Å². The van der Waals surface area contributed by atoms with E-state index in [4.69, 9.17) is 4.74 Å². The van der Waals surface area contributed by atoms with Gasteiger partial charge in [0.05, 0.1) is 18.4 Å². The van der Waals surface area contributed by atoms with Gasteiger partial charge in [-0.05, 0) is 42.3 Å². The highest BCUT2D eigenvalue weighted by Crippen LogP contribution is 2.23. The summed E-state index contributed by atoms with van der Waals surface area (Å²) in [5.74, 6) is -0.220. The molecule has 34 heavy (non-hydrogen) atoms. The molecule has 176 valence electrons. The molecule has 0 saturated carbocycles. The first-order chi connectivity index (χ1) is 16.4. The van der Waals surface area contributed by atoms with Crippen molar-refractivity contribution in [2.24, 2.45) is 0 Å². The third-order valence-corrected chi connectivity index (χ3v) is 5.45. The summed E-state index contributed by atoms with van der Waals surface area (Å²) in [5, 5.41) is 5.71. The van der Waals surface area contributed by atoms with Gasteiger partial charge in [0.25, 0.3) is 5.91 Å². The Bertz CT molecular complexity index is 1180. The van der Waals surface area contributed by atoms with Crippen LogP contribution in [-0.2, 0) is 16.0 Å². The third kappa shape index (κ3) is 6.22. The summed E-state index contributed by atoms with van der Waals surface area (Å²) in [6.45, 7) is 2.02. The molecule has 0 atom stereocenters. The molecule has 3 aromatic carbocycles. The van der Waals surface area contributed by atoms with Crippen molar-refractivity contribution in [3.63, 3.8) is 0 Å². The largest absolute Gasteiger partial charge is 0.497 e. The van der Waals surface area contributed by atoms with Gasteiger partial charge in [0.2, 0.25) is 11.8 Å². The second-order valence-electron chi connectivity index (χ2n) is 7.71. The molecular formula is C27H29N3O4. The van der Waals surface area contributed by atoms with Gasteiger partial charge in [-0.15, -0.1) is 0 Å². The fourth-order valence-electron chi connectivity index (χ4n) is 3.54. The molecule has 0 aliphatic carbocycles. The molecule has 0 saturated heterocycles. The molecule has 2 N–H and O–H groups in total. The van der Waals surface area contributed by atoms with Crippen LogP contribution < -0.4 is 20.3 Å². The van der Waals surface area contributed by atoms with Gasteiger partial charge in [-0.25, -0.2) is 0 Å². The van der Waals surface area contributed by atoms with Crippen molar-refractivity contribution in [1.82, 2.24) is 0 Å². The number of aryl methyl sites for hydroxylation is 1. The fraction of sp³-hybridized carbons (Fsp3) is 0.222. The lowest BCUT2D eigenvalue weighted by atomic mass is 10.1. The summed E-state index contributed by atoms with van der Waals surface area (Å²) in [4.78, 5) is 39.6. The molecule has 7 nitrogen and oxygen atoms in total. The summed E-state index contributed by atoms with van der Waals surface area (Å²) >= 11 is 0. The number of ether oxygens (including phenoxy) is 1. The lowest BCUT2D eigenvalue weighted by molar-refractivity contribution is -0.122. The van der Waals surface area contributed by atoms with Gasteiger partial charge in [-0.2, -0.15) is 0 Å². The quantitative estimate of drug-likeness (QED) is 0.477. The van der Waals surface area contributed by atoms with Crippen molar-refractivity contribution < 1.29 is 19.1 Å². The number of nitrogens with one attached hydrogen (secondary N) is 2. The van der Waals surface area contributed by atoms with Crippen LogP contribution in [0.25, 0.3) is 0 Å². The lowest BCUT2D eigenvalue weighted by Gasteiger charge is -2.20. The highest BCUT2D eigenvalue weighted by atomic mass is 16.5. The number of nitrogens with zero attached hydrogens (tertiary/aromatic N) is 1. The first kappa shape index (κ1) is 24.5. The number of benzene rings is 3. The van der Waals surface area contributed by atoms with Crippen LogP contribution in [0.2, 0.25) is 0 Å². The molecule has 0 heterocycles. The fourth-order valence-corrected chi connectivity index (χ4v) is 3.54. The predicted octanol–water partition coefficient (Wildman–Crippen LogP) is 4.89. The molecule has 0 aliphatic rings. The number of para-hydroxylation sites is 2. The van der Waals surface area contributed by atoms with Crippen LogP contribution in [0.15, 0.2) is 72.8 Å². The van der Waals surface area contributed by atoms with E-state index in [1.165, 1.54) is 4.90 Å². The van der Waals surface area contributed by atoms with Crippen molar-refractivity contribution in [1.29, 1.82) is 0 Å². The Morgan fingerprint density at radius 2 is 1.62 bits per heavy atom. The number of hydrogen-bond acceptors (Lipinski definition) is 4. The maximum atomic E-state index is 12.9. The van der Waals surface area contributed by atoms with E-state index >= 15 is 0 Å². The Balaban J connectivity index is 1.65. The van der Waals surface area contributed by atoms with Gasteiger partial charge in [0.1, 0.15) is 5.75 Å². The zero-order valence-electron chi connectivity index (χ0n) is 19.6. The molecule has 0 aromatic heterocycles. The van der Waals surface area contributed by atoms with Crippen molar-refractivity contribution in [3.05, 3.63) is 83.9 Å². The Morgan fingerprint density at radius 1 is 0.882 bits per heavy atom. The van der Waals surface area contributed by atoms with E-state index < -0.39 is 0 Å². The van der Waals surface area contributed by atoms with Crippen LogP contribution >= 0.6 is 0 Å². The maximum absolute atomic E-state index is 12.9. The normalized spacial score (nSPS) is 10.3. The molecule has 0 fully saturated rings. The van der Waals surface area contributed by atoms with E-state index in [2.05, 4.69) is 10.6 Å². The monoisotopic (exact) mass is 459 g/mol. The molecular weight excluding hydrogens is 430 g/mol.